The summed E-state index contributed by atoms with van der Waals surface area (Å²) in [5.41, 5.74) is 4.82. The highest BCUT2D eigenvalue weighted by molar-refractivity contribution is 5.87. The van der Waals surface area contributed by atoms with Crippen LogP contribution in [-0.4, -0.2) is 12.3 Å². The SMILES string of the molecule is C=CCN/N=C(/CC(C)(C)C)C1CCCCC1. The molecule has 2 heteroatoms. The average Bonchev–Trinajstić information content (AvgIpc) is 2.28. The largest absolute Gasteiger partial charge is 0.306 e. The number of hydrogen-bond donors (Lipinski definition) is 1. The molecule has 2 nitrogen and oxygen atoms in total. The van der Waals surface area contributed by atoms with E-state index in [0.717, 1.165) is 13.0 Å². The minimum absolute atomic E-state index is 0.326. The van der Waals surface area contributed by atoms with Crippen molar-refractivity contribution >= 4 is 5.71 Å². The molecule has 0 bridgehead atoms. The molecule has 1 aliphatic rings. The summed E-state index contributed by atoms with van der Waals surface area (Å²) in [6.07, 6.45) is 9.75. The molecule has 1 saturated carbocycles. The van der Waals surface area contributed by atoms with Crippen molar-refractivity contribution in [1.29, 1.82) is 0 Å². The van der Waals surface area contributed by atoms with E-state index >= 15 is 0 Å². The first-order valence-corrected chi connectivity index (χ1v) is 6.93. The maximum Gasteiger partial charge on any atom is 0.0507 e. The zero-order valence-corrected chi connectivity index (χ0v) is 11.8. The Morgan fingerprint density at radius 1 is 1.29 bits per heavy atom. The van der Waals surface area contributed by atoms with Gasteiger partial charge in [-0.3, -0.25) is 0 Å². The molecule has 0 unspecified atom stereocenters. The van der Waals surface area contributed by atoms with Crippen molar-refractivity contribution in [2.75, 3.05) is 6.54 Å². The lowest BCUT2D eigenvalue weighted by Crippen LogP contribution is -2.25. The van der Waals surface area contributed by atoms with Crippen LogP contribution >= 0.6 is 0 Å². The normalized spacial score (nSPS) is 19.1. The lowest BCUT2D eigenvalue weighted by atomic mass is 9.79. The van der Waals surface area contributed by atoms with Gasteiger partial charge in [0.15, 0.2) is 0 Å². The summed E-state index contributed by atoms with van der Waals surface area (Å²) in [4.78, 5) is 0. The van der Waals surface area contributed by atoms with Crippen LogP contribution in [0.25, 0.3) is 0 Å². The number of nitrogens with one attached hydrogen (secondary N) is 1. The smallest absolute Gasteiger partial charge is 0.0507 e. The van der Waals surface area contributed by atoms with E-state index in [2.05, 4.69) is 37.9 Å². The fourth-order valence-electron chi connectivity index (χ4n) is 2.47. The Balaban J connectivity index is 2.62. The highest BCUT2D eigenvalue weighted by Crippen LogP contribution is 2.30. The van der Waals surface area contributed by atoms with Gasteiger partial charge in [-0.1, -0.05) is 46.1 Å². The van der Waals surface area contributed by atoms with E-state index in [1.165, 1.54) is 37.8 Å². The Kier molecular flexibility index (Phi) is 5.73. The van der Waals surface area contributed by atoms with E-state index in [0.29, 0.717) is 11.3 Å². The van der Waals surface area contributed by atoms with E-state index in [1.54, 1.807) is 0 Å². The van der Waals surface area contributed by atoms with E-state index in [-0.39, 0.29) is 0 Å². The van der Waals surface area contributed by atoms with E-state index in [9.17, 15) is 0 Å². The first-order valence-electron chi connectivity index (χ1n) is 6.93. The lowest BCUT2D eigenvalue weighted by molar-refractivity contribution is 0.392. The van der Waals surface area contributed by atoms with Crippen LogP contribution in [0.15, 0.2) is 17.8 Å². The first-order chi connectivity index (χ1) is 8.03. The van der Waals surface area contributed by atoms with Crippen LogP contribution in [0.3, 0.4) is 0 Å². The molecule has 1 fully saturated rings. The molecule has 98 valence electrons. The van der Waals surface area contributed by atoms with Crippen molar-refractivity contribution in [3.63, 3.8) is 0 Å². The fraction of sp³-hybridized carbons (Fsp3) is 0.800. The predicted molar refractivity (Wildman–Crippen MR) is 76.3 cm³/mol. The fourth-order valence-corrected chi connectivity index (χ4v) is 2.47. The van der Waals surface area contributed by atoms with Crippen molar-refractivity contribution in [2.45, 2.75) is 59.3 Å². The number of hydrogen-bond acceptors (Lipinski definition) is 2. The highest BCUT2D eigenvalue weighted by Gasteiger charge is 2.23. The second kappa shape index (κ2) is 6.83. The van der Waals surface area contributed by atoms with Gasteiger partial charge in [0, 0.05) is 5.71 Å². The zero-order chi connectivity index (χ0) is 12.7. The van der Waals surface area contributed by atoms with Crippen LogP contribution < -0.4 is 5.43 Å². The summed E-state index contributed by atoms with van der Waals surface area (Å²) in [6.45, 7) is 11.3. The minimum atomic E-state index is 0.326. The molecular weight excluding hydrogens is 208 g/mol. The van der Waals surface area contributed by atoms with Gasteiger partial charge in [0.25, 0.3) is 0 Å². The second-order valence-electron chi connectivity index (χ2n) is 6.33. The standard InChI is InChI=1S/C15H28N2/c1-5-11-16-17-14(12-15(2,3)4)13-9-7-6-8-10-13/h5,13,16H,1,6-12H2,2-4H3/b17-14-. The van der Waals surface area contributed by atoms with Crippen LogP contribution in [0.2, 0.25) is 0 Å². The molecule has 1 aliphatic carbocycles. The second-order valence-corrected chi connectivity index (χ2v) is 6.33. The Hall–Kier alpha value is -0.790. The summed E-state index contributed by atoms with van der Waals surface area (Å²) in [5, 5.41) is 4.62. The summed E-state index contributed by atoms with van der Waals surface area (Å²) in [7, 11) is 0. The molecule has 1 rings (SSSR count). The number of hydrazone groups is 1. The monoisotopic (exact) mass is 236 g/mol. The maximum absolute atomic E-state index is 4.62. The average molecular weight is 236 g/mol. The molecular formula is C15H28N2. The first kappa shape index (κ1) is 14.3. The van der Waals surface area contributed by atoms with Crippen LogP contribution in [0, 0.1) is 11.3 Å². The summed E-state index contributed by atoms with van der Waals surface area (Å²) >= 11 is 0. The third-order valence-corrected chi connectivity index (χ3v) is 3.25. The van der Waals surface area contributed by atoms with E-state index in [4.69, 9.17) is 0 Å². The van der Waals surface area contributed by atoms with Crippen molar-refractivity contribution in [1.82, 2.24) is 5.43 Å². The van der Waals surface area contributed by atoms with Gasteiger partial charge in [0.2, 0.25) is 0 Å². The molecule has 17 heavy (non-hydrogen) atoms. The quantitative estimate of drug-likeness (QED) is 0.330. The lowest BCUT2D eigenvalue weighted by Gasteiger charge is -2.28. The van der Waals surface area contributed by atoms with Gasteiger partial charge >= 0.3 is 0 Å². The maximum atomic E-state index is 4.62. The molecule has 0 radical (unpaired) electrons. The Morgan fingerprint density at radius 2 is 1.94 bits per heavy atom. The van der Waals surface area contributed by atoms with E-state index < -0.39 is 0 Å². The van der Waals surface area contributed by atoms with Gasteiger partial charge in [-0.25, -0.2) is 0 Å². The van der Waals surface area contributed by atoms with Gasteiger partial charge in [-0.2, -0.15) is 5.10 Å². The van der Waals surface area contributed by atoms with Crippen molar-refractivity contribution in [3.8, 4) is 0 Å². The Morgan fingerprint density at radius 3 is 2.47 bits per heavy atom. The third kappa shape index (κ3) is 5.90. The molecule has 0 aliphatic heterocycles. The molecule has 0 aromatic rings. The molecule has 0 atom stereocenters. The number of nitrogens with zero attached hydrogens (tertiary/aromatic N) is 1. The van der Waals surface area contributed by atoms with Crippen LogP contribution in [0.4, 0.5) is 0 Å². The molecule has 0 aromatic heterocycles. The molecule has 0 heterocycles. The molecule has 0 aromatic carbocycles. The van der Waals surface area contributed by atoms with Gasteiger partial charge < -0.3 is 5.43 Å². The Bertz CT molecular complexity index is 255. The summed E-state index contributed by atoms with van der Waals surface area (Å²) in [6, 6.07) is 0. The van der Waals surface area contributed by atoms with Crippen molar-refractivity contribution in [3.05, 3.63) is 12.7 Å². The van der Waals surface area contributed by atoms with Crippen molar-refractivity contribution in [2.24, 2.45) is 16.4 Å². The minimum Gasteiger partial charge on any atom is -0.306 e. The van der Waals surface area contributed by atoms with Crippen LogP contribution in [-0.2, 0) is 0 Å². The molecule has 0 spiro atoms. The zero-order valence-electron chi connectivity index (χ0n) is 11.8. The summed E-state index contributed by atoms with van der Waals surface area (Å²) < 4.78 is 0. The summed E-state index contributed by atoms with van der Waals surface area (Å²) in [5.74, 6) is 0.709. The van der Waals surface area contributed by atoms with Crippen LogP contribution in [0.1, 0.15) is 59.3 Å². The Labute approximate surface area is 107 Å². The van der Waals surface area contributed by atoms with Gasteiger partial charge in [0.1, 0.15) is 0 Å². The number of rotatable bonds is 5. The third-order valence-electron chi connectivity index (χ3n) is 3.25. The molecule has 0 saturated heterocycles. The van der Waals surface area contributed by atoms with Gasteiger partial charge in [-0.15, -0.1) is 6.58 Å². The van der Waals surface area contributed by atoms with Gasteiger partial charge in [-0.05, 0) is 30.6 Å². The topological polar surface area (TPSA) is 24.4 Å². The van der Waals surface area contributed by atoms with Gasteiger partial charge in [0.05, 0.1) is 6.54 Å². The predicted octanol–water partition coefficient (Wildman–Crippen LogP) is 4.13. The van der Waals surface area contributed by atoms with Crippen LogP contribution in [0.5, 0.6) is 0 Å². The molecule has 1 N–H and O–H groups in total. The highest BCUT2D eigenvalue weighted by atomic mass is 15.3. The van der Waals surface area contributed by atoms with Crippen molar-refractivity contribution < 1.29 is 0 Å². The van der Waals surface area contributed by atoms with E-state index in [1.807, 2.05) is 6.08 Å². The molecule has 0 amide bonds.